The molecule has 1 unspecified atom stereocenters. The van der Waals surface area contributed by atoms with Crippen molar-refractivity contribution in [1.29, 1.82) is 0 Å². The normalized spacial score (nSPS) is 14.7. The van der Waals surface area contributed by atoms with Crippen LogP contribution in [0.5, 0.6) is 0 Å². The maximum Gasteiger partial charge on any atom is 0.255 e. The summed E-state index contributed by atoms with van der Waals surface area (Å²) in [5.74, 6) is 1.29. The lowest BCUT2D eigenvalue weighted by atomic mass is 10.0. The monoisotopic (exact) mass is 487 g/mol. The SMILES string of the molecule is Cc1cccc2cc(-c3nc4cc5c(nc4n3C)CCN(CC(N)CF)C5=O)n(Cc3ccno3)c12. The largest absolute Gasteiger partial charge is 0.359 e. The zero-order valence-electron chi connectivity index (χ0n) is 20.1. The molecule has 6 rings (SSSR count). The zero-order chi connectivity index (χ0) is 25.0. The van der Waals surface area contributed by atoms with Crippen LogP contribution < -0.4 is 5.73 Å². The van der Waals surface area contributed by atoms with Crippen molar-refractivity contribution < 1.29 is 13.7 Å². The number of fused-ring (bicyclic) bond motifs is 3. The Morgan fingerprint density at radius 1 is 1.22 bits per heavy atom. The van der Waals surface area contributed by atoms with Crippen LogP contribution in [0.25, 0.3) is 33.6 Å². The number of halogens is 1. The summed E-state index contributed by atoms with van der Waals surface area (Å²) < 4.78 is 22.5. The number of benzene rings is 1. The molecule has 10 heteroatoms. The van der Waals surface area contributed by atoms with Crippen molar-refractivity contribution in [1.82, 2.24) is 29.2 Å². The number of amides is 1. The molecule has 5 aromatic rings. The van der Waals surface area contributed by atoms with Crippen LogP contribution in [0.4, 0.5) is 4.39 Å². The first kappa shape index (κ1) is 22.4. The number of carbonyl (C=O) groups is 1. The second-order valence-corrected chi connectivity index (χ2v) is 9.34. The summed E-state index contributed by atoms with van der Waals surface area (Å²) in [5, 5.41) is 4.95. The smallest absolute Gasteiger partial charge is 0.255 e. The molecule has 1 amide bonds. The van der Waals surface area contributed by atoms with Gasteiger partial charge in [0, 0.05) is 38.0 Å². The average Bonchev–Trinajstić information content (AvgIpc) is 3.59. The van der Waals surface area contributed by atoms with E-state index in [1.54, 1.807) is 17.2 Å². The number of para-hydroxylation sites is 1. The Morgan fingerprint density at radius 2 is 2.08 bits per heavy atom. The molecule has 0 fully saturated rings. The third-order valence-corrected chi connectivity index (χ3v) is 6.87. The Kier molecular flexibility index (Phi) is 5.33. The second kappa shape index (κ2) is 8.56. The van der Waals surface area contributed by atoms with Crippen LogP contribution in [-0.4, -0.2) is 60.9 Å². The van der Waals surface area contributed by atoms with E-state index in [9.17, 15) is 9.18 Å². The quantitative estimate of drug-likeness (QED) is 0.394. The number of alkyl halides is 1. The highest BCUT2D eigenvalue weighted by molar-refractivity contribution is 5.99. The minimum Gasteiger partial charge on any atom is -0.359 e. The van der Waals surface area contributed by atoms with Crippen molar-refractivity contribution in [3.8, 4) is 11.5 Å². The lowest BCUT2D eigenvalue weighted by Crippen LogP contribution is -2.45. The molecule has 4 aromatic heterocycles. The summed E-state index contributed by atoms with van der Waals surface area (Å²) >= 11 is 0. The molecular weight excluding hydrogens is 461 g/mol. The van der Waals surface area contributed by atoms with Crippen LogP contribution in [0.2, 0.25) is 0 Å². The highest BCUT2D eigenvalue weighted by Crippen LogP contribution is 2.33. The van der Waals surface area contributed by atoms with Gasteiger partial charge in [0.2, 0.25) is 0 Å². The van der Waals surface area contributed by atoms with Gasteiger partial charge in [-0.15, -0.1) is 0 Å². The summed E-state index contributed by atoms with van der Waals surface area (Å²) in [6.07, 6.45) is 2.22. The molecule has 1 aliphatic heterocycles. The third kappa shape index (κ3) is 3.56. The van der Waals surface area contributed by atoms with Crippen LogP contribution in [0.3, 0.4) is 0 Å². The molecule has 0 aliphatic carbocycles. The minimum absolute atomic E-state index is 0.182. The first-order valence-corrected chi connectivity index (χ1v) is 11.9. The number of nitrogens with two attached hydrogens (primary N) is 1. The standard InChI is InChI=1S/C26H26FN7O2/c1-15-4-3-5-16-10-22(34(23(15)16)14-18-6-8-29-36-18)25-31-21-11-19-20(30-24(21)32(25)2)7-9-33(26(19)35)13-17(28)12-27/h3-6,8,10-11,17H,7,9,12-14,28H2,1-2H3. The maximum absolute atomic E-state index is 13.1. The Labute approximate surface area is 206 Å². The molecule has 5 heterocycles. The van der Waals surface area contributed by atoms with E-state index in [1.165, 1.54) is 0 Å². The van der Waals surface area contributed by atoms with Gasteiger partial charge in [0.15, 0.2) is 17.2 Å². The number of pyridine rings is 1. The van der Waals surface area contributed by atoms with Gasteiger partial charge in [-0.25, -0.2) is 14.4 Å². The molecule has 1 aromatic carbocycles. The number of hydrogen-bond acceptors (Lipinski definition) is 6. The predicted molar refractivity (Wildman–Crippen MR) is 133 cm³/mol. The van der Waals surface area contributed by atoms with Gasteiger partial charge in [0.05, 0.1) is 41.3 Å². The first-order chi connectivity index (χ1) is 17.4. The number of aromatic nitrogens is 5. The van der Waals surface area contributed by atoms with Gasteiger partial charge < -0.3 is 24.3 Å². The molecule has 36 heavy (non-hydrogen) atoms. The van der Waals surface area contributed by atoms with Crippen molar-refractivity contribution >= 4 is 28.0 Å². The van der Waals surface area contributed by atoms with Gasteiger partial charge in [-0.05, 0) is 24.6 Å². The number of hydrogen-bond donors (Lipinski definition) is 1. The molecule has 0 saturated carbocycles. The van der Waals surface area contributed by atoms with Crippen molar-refractivity contribution in [3.63, 3.8) is 0 Å². The summed E-state index contributed by atoms with van der Waals surface area (Å²) in [6, 6.07) is 11.3. The molecule has 1 aliphatic rings. The molecule has 184 valence electrons. The van der Waals surface area contributed by atoms with Gasteiger partial charge in [-0.2, -0.15) is 0 Å². The Balaban J connectivity index is 1.48. The van der Waals surface area contributed by atoms with Crippen LogP contribution >= 0.6 is 0 Å². The van der Waals surface area contributed by atoms with Gasteiger partial charge in [0.25, 0.3) is 5.91 Å². The molecule has 0 bridgehead atoms. The van der Waals surface area contributed by atoms with Crippen LogP contribution in [0.15, 0.2) is 47.1 Å². The average molecular weight is 488 g/mol. The number of nitrogens with zero attached hydrogens (tertiary/aromatic N) is 6. The molecular formula is C26H26FN7O2. The van der Waals surface area contributed by atoms with Crippen molar-refractivity contribution in [2.75, 3.05) is 19.8 Å². The first-order valence-electron chi connectivity index (χ1n) is 11.9. The van der Waals surface area contributed by atoms with Crippen LogP contribution in [-0.2, 0) is 20.0 Å². The fourth-order valence-electron chi connectivity index (χ4n) is 5.11. The summed E-state index contributed by atoms with van der Waals surface area (Å²) in [7, 11) is 1.94. The number of carbonyl (C=O) groups excluding carboxylic acids is 1. The zero-order valence-corrected chi connectivity index (χ0v) is 20.1. The van der Waals surface area contributed by atoms with E-state index in [0.717, 1.165) is 39.4 Å². The fourth-order valence-corrected chi connectivity index (χ4v) is 5.11. The Morgan fingerprint density at radius 3 is 2.86 bits per heavy atom. The predicted octanol–water partition coefficient (Wildman–Crippen LogP) is 3.23. The summed E-state index contributed by atoms with van der Waals surface area (Å²) in [5.41, 5.74) is 11.5. The van der Waals surface area contributed by atoms with Crippen molar-refractivity contribution in [2.24, 2.45) is 12.8 Å². The van der Waals surface area contributed by atoms with E-state index in [4.69, 9.17) is 20.2 Å². The van der Waals surface area contributed by atoms with E-state index in [0.29, 0.717) is 36.2 Å². The number of aryl methyl sites for hydroxylation is 2. The molecule has 0 spiro atoms. The minimum atomic E-state index is -0.691. The molecule has 2 N–H and O–H groups in total. The number of imidazole rings is 1. The van der Waals surface area contributed by atoms with Gasteiger partial charge >= 0.3 is 0 Å². The highest BCUT2D eigenvalue weighted by Gasteiger charge is 2.29. The third-order valence-electron chi connectivity index (χ3n) is 6.87. The van der Waals surface area contributed by atoms with E-state index in [2.05, 4.69) is 34.8 Å². The fraction of sp³-hybridized carbons (Fsp3) is 0.308. The molecule has 0 radical (unpaired) electrons. The lowest BCUT2D eigenvalue weighted by molar-refractivity contribution is 0.0723. The second-order valence-electron chi connectivity index (χ2n) is 9.34. The van der Waals surface area contributed by atoms with Crippen LogP contribution in [0, 0.1) is 6.92 Å². The Hall–Kier alpha value is -4.05. The van der Waals surface area contributed by atoms with E-state index in [1.807, 2.05) is 23.7 Å². The highest BCUT2D eigenvalue weighted by atomic mass is 19.1. The van der Waals surface area contributed by atoms with E-state index >= 15 is 0 Å². The Bertz CT molecular complexity index is 1600. The van der Waals surface area contributed by atoms with E-state index in [-0.39, 0.29) is 12.5 Å². The molecule has 9 nitrogen and oxygen atoms in total. The van der Waals surface area contributed by atoms with E-state index < -0.39 is 12.7 Å². The summed E-state index contributed by atoms with van der Waals surface area (Å²) in [6.45, 7) is 2.56. The number of rotatable bonds is 6. The van der Waals surface area contributed by atoms with Crippen molar-refractivity contribution in [2.45, 2.75) is 25.9 Å². The topological polar surface area (TPSA) is 108 Å². The summed E-state index contributed by atoms with van der Waals surface area (Å²) in [4.78, 5) is 24.5. The van der Waals surface area contributed by atoms with Gasteiger partial charge in [-0.1, -0.05) is 23.4 Å². The van der Waals surface area contributed by atoms with Crippen LogP contribution in [0.1, 0.15) is 27.4 Å². The van der Waals surface area contributed by atoms with Gasteiger partial charge in [0.1, 0.15) is 12.2 Å². The maximum atomic E-state index is 13.1. The van der Waals surface area contributed by atoms with Crippen molar-refractivity contribution in [3.05, 3.63) is 65.2 Å². The molecule has 1 atom stereocenters. The lowest BCUT2D eigenvalue weighted by Gasteiger charge is -2.29. The van der Waals surface area contributed by atoms with Gasteiger partial charge in [-0.3, -0.25) is 4.79 Å². The molecule has 0 saturated heterocycles.